The first-order valence-corrected chi connectivity index (χ1v) is 7.68. The van der Waals surface area contributed by atoms with Crippen molar-refractivity contribution in [2.45, 2.75) is 13.1 Å². The third-order valence-electron chi connectivity index (χ3n) is 3.41. The van der Waals surface area contributed by atoms with E-state index in [0.29, 0.717) is 13.1 Å². The largest absolute Gasteiger partial charge is 0.362 e. The number of hydrogen-bond acceptors (Lipinski definition) is 3. The second-order valence-electron chi connectivity index (χ2n) is 5.75. The molecule has 0 radical (unpaired) electrons. The molecule has 0 aliphatic rings. The Morgan fingerprint density at radius 1 is 1.04 bits per heavy atom. The molecule has 0 fully saturated rings. The predicted molar refractivity (Wildman–Crippen MR) is 96.7 cm³/mol. The molecule has 0 saturated carbocycles. The van der Waals surface area contributed by atoms with Crippen molar-refractivity contribution in [1.29, 1.82) is 0 Å². The van der Waals surface area contributed by atoms with Gasteiger partial charge in [0.1, 0.15) is 5.82 Å². The number of aromatic nitrogens is 1. The predicted octanol–water partition coefficient (Wildman–Crippen LogP) is 2.36. The molecule has 0 spiro atoms. The number of hydrogen-bond donors (Lipinski definition) is 1. The van der Waals surface area contributed by atoms with Crippen LogP contribution in [0, 0.1) is 0 Å². The van der Waals surface area contributed by atoms with Crippen molar-refractivity contribution in [2.24, 2.45) is 4.99 Å². The lowest BCUT2D eigenvalue weighted by Gasteiger charge is -2.20. The van der Waals surface area contributed by atoms with Crippen molar-refractivity contribution in [1.82, 2.24) is 15.2 Å². The molecule has 23 heavy (non-hydrogen) atoms. The van der Waals surface area contributed by atoms with Gasteiger partial charge in [0.15, 0.2) is 5.96 Å². The van der Waals surface area contributed by atoms with E-state index in [1.807, 2.05) is 68.5 Å². The molecule has 0 atom stereocenters. The Morgan fingerprint density at radius 2 is 1.78 bits per heavy atom. The monoisotopic (exact) mass is 311 g/mol. The molecule has 5 heteroatoms. The highest BCUT2D eigenvalue weighted by Crippen LogP contribution is 2.13. The zero-order valence-corrected chi connectivity index (χ0v) is 14.3. The summed E-state index contributed by atoms with van der Waals surface area (Å²) < 4.78 is 0. The molecule has 1 N–H and O–H groups in total. The van der Waals surface area contributed by atoms with Gasteiger partial charge in [-0.2, -0.15) is 0 Å². The SMILES string of the molecule is CN(C)C(=NCc1ccccc1)NCc1cccnc1N(C)C. The number of guanidine groups is 1. The molecule has 0 bridgehead atoms. The Labute approximate surface area is 138 Å². The van der Waals surface area contributed by atoms with Crippen LogP contribution >= 0.6 is 0 Å². The fourth-order valence-corrected chi connectivity index (χ4v) is 2.25. The van der Waals surface area contributed by atoms with Crippen LogP contribution in [0.1, 0.15) is 11.1 Å². The van der Waals surface area contributed by atoms with E-state index < -0.39 is 0 Å². The maximum atomic E-state index is 4.68. The summed E-state index contributed by atoms with van der Waals surface area (Å²) in [4.78, 5) is 13.1. The van der Waals surface area contributed by atoms with Gasteiger partial charge in [-0.05, 0) is 11.6 Å². The van der Waals surface area contributed by atoms with Crippen LogP contribution in [0.3, 0.4) is 0 Å². The van der Waals surface area contributed by atoms with Crippen LogP contribution in [-0.4, -0.2) is 44.0 Å². The molecule has 122 valence electrons. The van der Waals surface area contributed by atoms with Gasteiger partial charge >= 0.3 is 0 Å². The number of benzene rings is 1. The molecule has 0 unspecified atom stereocenters. The van der Waals surface area contributed by atoms with Crippen LogP contribution in [0.15, 0.2) is 53.7 Å². The van der Waals surface area contributed by atoms with Crippen molar-refractivity contribution in [3.8, 4) is 0 Å². The summed E-state index contributed by atoms with van der Waals surface area (Å²) in [6.07, 6.45) is 1.81. The minimum atomic E-state index is 0.662. The number of rotatable bonds is 5. The molecule has 1 aromatic carbocycles. The second kappa shape index (κ2) is 8.17. The smallest absolute Gasteiger partial charge is 0.194 e. The maximum absolute atomic E-state index is 4.68. The molecule has 0 amide bonds. The lowest BCUT2D eigenvalue weighted by atomic mass is 10.2. The Hall–Kier alpha value is -2.56. The highest BCUT2D eigenvalue weighted by atomic mass is 15.3. The van der Waals surface area contributed by atoms with Crippen LogP contribution in [0.5, 0.6) is 0 Å². The summed E-state index contributed by atoms with van der Waals surface area (Å²) in [6.45, 7) is 1.35. The van der Waals surface area contributed by atoms with Crippen LogP contribution in [0.4, 0.5) is 5.82 Å². The minimum absolute atomic E-state index is 0.662. The lowest BCUT2D eigenvalue weighted by Crippen LogP contribution is -2.36. The Balaban J connectivity index is 2.06. The third-order valence-corrected chi connectivity index (χ3v) is 3.41. The maximum Gasteiger partial charge on any atom is 0.194 e. The molecule has 1 aromatic heterocycles. The van der Waals surface area contributed by atoms with Crippen molar-refractivity contribution >= 4 is 11.8 Å². The van der Waals surface area contributed by atoms with Crippen molar-refractivity contribution in [3.05, 3.63) is 59.8 Å². The molecule has 2 rings (SSSR count). The average molecular weight is 311 g/mol. The van der Waals surface area contributed by atoms with Gasteiger partial charge in [0.25, 0.3) is 0 Å². The highest BCUT2D eigenvalue weighted by molar-refractivity contribution is 5.79. The van der Waals surface area contributed by atoms with Crippen molar-refractivity contribution < 1.29 is 0 Å². The standard InChI is InChI=1S/C18H25N5/c1-22(2)17-16(11-8-12-19-17)14-21-18(23(3)4)20-13-15-9-6-5-7-10-15/h5-12H,13-14H2,1-4H3,(H,20,21). The van der Waals surface area contributed by atoms with E-state index >= 15 is 0 Å². The van der Waals surface area contributed by atoms with Gasteiger partial charge in [0.2, 0.25) is 0 Å². The number of nitrogens with zero attached hydrogens (tertiary/aromatic N) is 4. The van der Waals surface area contributed by atoms with E-state index in [1.54, 1.807) is 0 Å². The number of pyridine rings is 1. The van der Waals surface area contributed by atoms with Gasteiger partial charge < -0.3 is 15.1 Å². The van der Waals surface area contributed by atoms with Gasteiger partial charge in [0.05, 0.1) is 6.54 Å². The molecule has 0 aliphatic heterocycles. The lowest BCUT2D eigenvalue weighted by molar-refractivity contribution is 0.578. The van der Waals surface area contributed by atoms with Crippen molar-refractivity contribution in [3.63, 3.8) is 0 Å². The molecule has 0 saturated heterocycles. The summed E-state index contributed by atoms with van der Waals surface area (Å²) in [6, 6.07) is 14.3. The molecular formula is C18H25N5. The van der Waals surface area contributed by atoms with Gasteiger partial charge in [0, 0.05) is 46.5 Å². The quantitative estimate of drug-likeness (QED) is 0.680. The van der Waals surface area contributed by atoms with Crippen LogP contribution in [-0.2, 0) is 13.1 Å². The molecule has 1 heterocycles. The molecule has 5 nitrogen and oxygen atoms in total. The number of anilines is 1. The van der Waals surface area contributed by atoms with E-state index in [-0.39, 0.29) is 0 Å². The Bertz CT molecular complexity index is 635. The molecule has 0 aliphatic carbocycles. The first kappa shape index (κ1) is 16.8. The van der Waals surface area contributed by atoms with Crippen LogP contribution in [0.25, 0.3) is 0 Å². The van der Waals surface area contributed by atoms with E-state index in [9.17, 15) is 0 Å². The summed E-state index contributed by atoms with van der Waals surface area (Å²) in [5, 5.41) is 3.41. The Morgan fingerprint density at radius 3 is 2.43 bits per heavy atom. The van der Waals surface area contributed by atoms with Gasteiger partial charge in [-0.1, -0.05) is 36.4 Å². The zero-order valence-electron chi connectivity index (χ0n) is 14.3. The average Bonchev–Trinajstić information content (AvgIpc) is 2.55. The summed E-state index contributed by atoms with van der Waals surface area (Å²) in [5.74, 6) is 1.84. The van der Waals surface area contributed by atoms with E-state index in [2.05, 4.69) is 33.5 Å². The first-order chi connectivity index (χ1) is 11.1. The normalized spacial score (nSPS) is 11.2. The molecule has 2 aromatic rings. The summed E-state index contributed by atoms with van der Waals surface area (Å²) >= 11 is 0. The molecular weight excluding hydrogens is 286 g/mol. The van der Waals surface area contributed by atoms with Gasteiger partial charge in [-0.15, -0.1) is 0 Å². The zero-order chi connectivity index (χ0) is 16.7. The number of aliphatic imine (C=N–C) groups is 1. The first-order valence-electron chi connectivity index (χ1n) is 7.68. The second-order valence-corrected chi connectivity index (χ2v) is 5.75. The van der Waals surface area contributed by atoms with E-state index in [4.69, 9.17) is 0 Å². The topological polar surface area (TPSA) is 43.8 Å². The van der Waals surface area contributed by atoms with E-state index in [0.717, 1.165) is 17.3 Å². The Kier molecular flexibility index (Phi) is 5.97. The van der Waals surface area contributed by atoms with E-state index in [1.165, 1.54) is 5.56 Å². The van der Waals surface area contributed by atoms with Crippen molar-refractivity contribution in [2.75, 3.05) is 33.1 Å². The third kappa shape index (κ3) is 4.98. The van der Waals surface area contributed by atoms with Gasteiger partial charge in [-0.25, -0.2) is 9.98 Å². The minimum Gasteiger partial charge on any atom is -0.362 e. The van der Waals surface area contributed by atoms with Gasteiger partial charge in [-0.3, -0.25) is 0 Å². The number of nitrogens with one attached hydrogen (secondary N) is 1. The fourth-order valence-electron chi connectivity index (χ4n) is 2.25. The van der Waals surface area contributed by atoms with Crippen LogP contribution in [0.2, 0.25) is 0 Å². The van der Waals surface area contributed by atoms with Crippen LogP contribution < -0.4 is 10.2 Å². The highest BCUT2D eigenvalue weighted by Gasteiger charge is 2.07. The fraction of sp³-hybridized carbons (Fsp3) is 0.333. The summed E-state index contributed by atoms with van der Waals surface area (Å²) in [5.41, 5.74) is 2.34. The summed E-state index contributed by atoms with van der Waals surface area (Å²) in [7, 11) is 7.99.